The van der Waals surface area contributed by atoms with Crippen molar-refractivity contribution in [3.05, 3.63) is 23.8 Å². The highest BCUT2D eigenvalue weighted by atomic mass is 79.9. The van der Waals surface area contributed by atoms with E-state index in [1.165, 1.54) is 0 Å². The SMILES string of the molecule is CCOc1cc(OC)ccc1C(Br)C(C)=O. The van der Waals surface area contributed by atoms with Gasteiger partial charge in [0.15, 0.2) is 0 Å². The van der Waals surface area contributed by atoms with Crippen LogP contribution in [-0.2, 0) is 4.79 Å². The minimum absolute atomic E-state index is 0.0473. The maximum absolute atomic E-state index is 11.3. The molecule has 1 rings (SSSR count). The van der Waals surface area contributed by atoms with Crippen molar-refractivity contribution in [3.8, 4) is 11.5 Å². The van der Waals surface area contributed by atoms with Crippen LogP contribution in [0, 0.1) is 0 Å². The predicted octanol–water partition coefficient (Wildman–Crippen LogP) is 3.12. The van der Waals surface area contributed by atoms with Crippen molar-refractivity contribution in [1.29, 1.82) is 0 Å². The van der Waals surface area contributed by atoms with Gasteiger partial charge in [0, 0.05) is 11.6 Å². The molecule has 0 spiro atoms. The summed E-state index contributed by atoms with van der Waals surface area (Å²) in [6.07, 6.45) is 0. The van der Waals surface area contributed by atoms with Crippen molar-refractivity contribution in [1.82, 2.24) is 0 Å². The highest BCUT2D eigenvalue weighted by Crippen LogP contribution is 2.34. The summed E-state index contributed by atoms with van der Waals surface area (Å²) in [5.74, 6) is 1.44. The largest absolute Gasteiger partial charge is 0.497 e. The molecule has 0 N–H and O–H groups in total. The zero-order chi connectivity index (χ0) is 12.1. The second-order valence-electron chi connectivity index (χ2n) is 3.31. The quantitative estimate of drug-likeness (QED) is 0.780. The van der Waals surface area contributed by atoms with Crippen molar-refractivity contribution in [3.63, 3.8) is 0 Å². The third kappa shape index (κ3) is 2.98. The predicted molar refractivity (Wildman–Crippen MR) is 66.5 cm³/mol. The average molecular weight is 287 g/mol. The van der Waals surface area contributed by atoms with Crippen molar-refractivity contribution >= 4 is 21.7 Å². The van der Waals surface area contributed by atoms with Crippen molar-refractivity contribution in [2.75, 3.05) is 13.7 Å². The number of ether oxygens (including phenoxy) is 2. The van der Waals surface area contributed by atoms with Crippen molar-refractivity contribution in [2.45, 2.75) is 18.7 Å². The number of carbonyl (C=O) groups excluding carboxylic acids is 1. The number of Topliss-reactive ketones (excluding diaryl/α,β-unsaturated/α-hetero) is 1. The van der Waals surface area contributed by atoms with Gasteiger partial charge in [-0.1, -0.05) is 22.0 Å². The van der Waals surface area contributed by atoms with E-state index in [0.29, 0.717) is 12.4 Å². The van der Waals surface area contributed by atoms with Gasteiger partial charge in [0.1, 0.15) is 22.1 Å². The first-order valence-electron chi connectivity index (χ1n) is 5.05. The number of benzene rings is 1. The second kappa shape index (κ2) is 5.89. The Morgan fingerprint density at radius 2 is 2.19 bits per heavy atom. The molecule has 0 saturated carbocycles. The molecule has 0 radical (unpaired) electrons. The molecule has 0 bridgehead atoms. The van der Waals surface area contributed by atoms with Gasteiger partial charge in [-0.15, -0.1) is 0 Å². The molecule has 1 atom stereocenters. The lowest BCUT2D eigenvalue weighted by atomic mass is 10.1. The topological polar surface area (TPSA) is 35.5 Å². The minimum atomic E-state index is -0.333. The molecule has 0 heterocycles. The van der Waals surface area contributed by atoms with Crippen molar-refractivity contribution < 1.29 is 14.3 Å². The van der Waals surface area contributed by atoms with E-state index in [4.69, 9.17) is 9.47 Å². The Kier molecular flexibility index (Phi) is 4.80. The van der Waals surface area contributed by atoms with E-state index in [1.807, 2.05) is 19.1 Å². The Morgan fingerprint density at radius 3 is 2.69 bits per heavy atom. The van der Waals surface area contributed by atoms with E-state index in [2.05, 4.69) is 15.9 Å². The number of ketones is 1. The van der Waals surface area contributed by atoms with E-state index in [0.717, 1.165) is 11.3 Å². The molecule has 1 aromatic carbocycles. The van der Waals surface area contributed by atoms with Crippen LogP contribution in [-0.4, -0.2) is 19.5 Å². The standard InChI is InChI=1S/C12H15BrO3/c1-4-16-11-7-9(15-3)5-6-10(11)12(13)8(2)14/h5-7,12H,4H2,1-3H3. The molecule has 1 unspecified atom stereocenters. The van der Waals surface area contributed by atoms with E-state index < -0.39 is 0 Å². The Balaban J connectivity index is 3.11. The van der Waals surface area contributed by atoms with Crippen LogP contribution in [0.3, 0.4) is 0 Å². The van der Waals surface area contributed by atoms with Crippen LogP contribution in [0.25, 0.3) is 0 Å². The summed E-state index contributed by atoms with van der Waals surface area (Å²) in [4.78, 5) is 11.0. The Hall–Kier alpha value is -1.03. The number of methoxy groups -OCH3 is 1. The third-order valence-electron chi connectivity index (χ3n) is 2.15. The van der Waals surface area contributed by atoms with Gasteiger partial charge in [-0.25, -0.2) is 0 Å². The zero-order valence-electron chi connectivity index (χ0n) is 9.62. The molecular weight excluding hydrogens is 272 g/mol. The summed E-state index contributed by atoms with van der Waals surface area (Å²) in [6, 6.07) is 5.44. The van der Waals surface area contributed by atoms with E-state index in [1.54, 1.807) is 20.1 Å². The van der Waals surface area contributed by atoms with Crippen LogP contribution < -0.4 is 9.47 Å². The second-order valence-corrected chi connectivity index (χ2v) is 4.23. The fraction of sp³-hybridized carbons (Fsp3) is 0.417. The summed E-state index contributed by atoms with van der Waals surface area (Å²) in [5, 5.41) is 0. The Labute approximate surface area is 104 Å². The lowest BCUT2D eigenvalue weighted by Gasteiger charge is -2.14. The molecule has 0 aromatic heterocycles. The van der Waals surface area contributed by atoms with Gasteiger partial charge < -0.3 is 9.47 Å². The summed E-state index contributed by atoms with van der Waals surface area (Å²) < 4.78 is 10.6. The van der Waals surface area contributed by atoms with Gasteiger partial charge in [0.2, 0.25) is 0 Å². The number of rotatable bonds is 5. The third-order valence-corrected chi connectivity index (χ3v) is 3.29. The van der Waals surface area contributed by atoms with E-state index >= 15 is 0 Å². The fourth-order valence-electron chi connectivity index (χ4n) is 1.35. The maximum Gasteiger partial charge on any atom is 0.147 e. The maximum atomic E-state index is 11.3. The van der Waals surface area contributed by atoms with Crippen LogP contribution in [0.2, 0.25) is 0 Å². The highest BCUT2D eigenvalue weighted by Gasteiger charge is 2.18. The van der Waals surface area contributed by atoms with Crippen LogP contribution in [0.4, 0.5) is 0 Å². The number of alkyl halides is 1. The van der Waals surface area contributed by atoms with Gasteiger partial charge in [0.05, 0.1) is 13.7 Å². The molecule has 3 nitrogen and oxygen atoms in total. The van der Waals surface area contributed by atoms with Gasteiger partial charge >= 0.3 is 0 Å². The Bertz CT molecular complexity index is 377. The molecule has 0 aliphatic carbocycles. The Morgan fingerprint density at radius 1 is 1.50 bits per heavy atom. The van der Waals surface area contributed by atoms with Gasteiger partial charge in [-0.3, -0.25) is 4.79 Å². The van der Waals surface area contributed by atoms with Gasteiger partial charge in [-0.05, 0) is 19.9 Å². The van der Waals surface area contributed by atoms with Crippen LogP contribution in [0.1, 0.15) is 24.2 Å². The van der Waals surface area contributed by atoms with Crippen LogP contribution in [0.15, 0.2) is 18.2 Å². The first-order chi connectivity index (χ1) is 7.60. The van der Waals surface area contributed by atoms with Gasteiger partial charge in [-0.2, -0.15) is 0 Å². The average Bonchev–Trinajstić information content (AvgIpc) is 2.28. The minimum Gasteiger partial charge on any atom is -0.497 e. The number of hydrogen-bond acceptors (Lipinski definition) is 3. The molecule has 16 heavy (non-hydrogen) atoms. The summed E-state index contributed by atoms with van der Waals surface area (Å²) >= 11 is 3.35. The highest BCUT2D eigenvalue weighted by molar-refractivity contribution is 9.09. The van der Waals surface area contributed by atoms with Gasteiger partial charge in [0.25, 0.3) is 0 Å². The van der Waals surface area contributed by atoms with E-state index in [9.17, 15) is 4.79 Å². The molecule has 0 fully saturated rings. The zero-order valence-corrected chi connectivity index (χ0v) is 11.2. The molecule has 0 amide bonds. The normalized spacial score (nSPS) is 12.0. The number of halogens is 1. The summed E-state index contributed by atoms with van der Waals surface area (Å²) in [6.45, 7) is 4.00. The number of hydrogen-bond donors (Lipinski definition) is 0. The fourth-order valence-corrected chi connectivity index (χ4v) is 1.73. The molecule has 0 aliphatic rings. The van der Waals surface area contributed by atoms with Crippen molar-refractivity contribution in [2.24, 2.45) is 0 Å². The first-order valence-corrected chi connectivity index (χ1v) is 5.97. The molecular formula is C12H15BrO3. The summed E-state index contributed by atoms with van der Waals surface area (Å²) in [5.41, 5.74) is 0.829. The molecule has 1 aromatic rings. The molecule has 88 valence electrons. The number of carbonyl (C=O) groups is 1. The van der Waals surface area contributed by atoms with E-state index in [-0.39, 0.29) is 10.6 Å². The molecule has 0 saturated heterocycles. The molecule has 4 heteroatoms. The lowest BCUT2D eigenvalue weighted by molar-refractivity contribution is -0.116. The van der Waals surface area contributed by atoms with Crippen LogP contribution >= 0.6 is 15.9 Å². The summed E-state index contributed by atoms with van der Waals surface area (Å²) in [7, 11) is 1.60. The monoisotopic (exact) mass is 286 g/mol. The first kappa shape index (κ1) is 13.0. The lowest BCUT2D eigenvalue weighted by Crippen LogP contribution is -2.05. The smallest absolute Gasteiger partial charge is 0.147 e. The van der Waals surface area contributed by atoms with Crippen LogP contribution in [0.5, 0.6) is 11.5 Å². The molecule has 0 aliphatic heterocycles.